The predicted octanol–water partition coefficient (Wildman–Crippen LogP) is 1.64. The first-order valence-electron chi connectivity index (χ1n) is 9.73. The number of fused-ring (bicyclic) bond motifs is 1. The minimum Gasteiger partial charge on any atom is -0.334 e. The maximum absolute atomic E-state index is 13.1. The van der Waals surface area contributed by atoms with Gasteiger partial charge in [-0.3, -0.25) is 9.69 Å². The van der Waals surface area contributed by atoms with Crippen molar-refractivity contribution in [3.63, 3.8) is 0 Å². The molecule has 3 atom stereocenters. The van der Waals surface area contributed by atoms with Crippen LogP contribution in [0.5, 0.6) is 0 Å². The second kappa shape index (κ2) is 6.68. The van der Waals surface area contributed by atoms with Crippen LogP contribution in [0.2, 0.25) is 0 Å². The van der Waals surface area contributed by atoms with Gasteiger partial charge in [-0.2, -0.15) is 0 Å². The molecule has 8 nitrogen and oxygen atoms in total. The Hall–Kier alpha value is -2.77. The standard InChI is InChI=1S/C20H27N5O3/c1-12-7-8-14(10-13(12)2)15-6-5-9-24(15)16(26)11-25-18-17(21-19(25)27)22(3)20(28)23(18)4/h7-8,10,15,17-18H,5-6,9,11H2,1-4H3,(H,21,27)/t15-,17+,18+/m0/s1. The van der Waals surface area contributed by atoms with Gasteiger partial charge in [0.15, 0.2) is 0 Å². The summed E-state index contributed by atoms with van der Waals surface area (Å²) in [6, 6.07) is 5.91. The number of nitrogens with one attached hydrogen (secondary N) is 1. The topological polar surface area (TPSA) is 76.2 Å². The van der Waals surface area contributed by atoms with Crippen LogP contribution < -0.4 is 5.32 Å². The van der Waals surface area contributed by atoms with Gasteiger partial charge in [0.2, 0.25) is 5.91 Å². The van der Waals surface area contributed by atoms with Gasteiger partial charge in [0.25, 0.3) is 0 Å². The molecular formula is C20H27N5O3. The molecule has 0 radical (unpaired) electrons. The Bertz CT molecular complexity index is 841. The lowest BCUT2D eigenvalue weighted by Gasteiger charge is -2.30. The molecule has 0 saturated carbocycles. The number of carbonyl (C=O) groups is 3. The van der Waals surface area contributed by atoms with Crippen molar-refractivity contribution in [3.8, 4) is 0 Å². The highest BCUT2D eigenvalue weighted by Gasteiger charge is 2.53. The number of benzene rings is 1. The van der Waals surface area contributed by atoms with E-state index in [0.717, 1.165) is 18.4 Å². The molecule has 0 bridgehead atoms. The van der Waals surface area contributed by atoms with E-state index in [1.54, 1.807) is 14.1 Å². The lowest BCUT2D eigenvalue weighted by molar-refractivity contribution is -0.133. The highest BCUT2D eigenvalue weighted by molar-refractivity contribution is 5.89. The lowest BCUT2D eigenvalue weighted by Crippen LogP contribution is -2.49. The summed E-state index contributed by atoms with van der Waals surface area (Å²) in [6.45, 7) is 4.82. The van der Waals surface area contributed by atoms with E-state index in [9.17, 15) is 14.4 Å². The molecule has 28 heavy (non-hydrogen) atoms. The number of nitrogens with zero attached hydrogens (tertiary/aromatic N) is 4. The summed E-state index contributed by atoms with van der Waals surface area (Å²) in [5.74, 6) is -0.0769. The van der Waals surface area contributed by atoms with Crippen LogP contribution in [0, 0.1) is 13.8 Å². The van der Waals surface area contributed by atoms with Crippen molar-refractivity contribution in [1.29, 1.82) is 0 Å². The van der Waals surface area contributed by atoms with Crippen LogP contribution in [0.25, 0.3) is 0 Å². The molecule has 0 aromatic heterocycles. The molecule has 1 aromatic carbocycles. The van der Waals surface area contributed by atoms with Crippen molar-refractivity contribution in [2.45, 2.75) is 45.1 Å². The van der Waals surface area contributed by atoms with Crippen molar-refractivity contribution in [2.75, 3.05) is 27.2 Å². The van der Waals surface area contributed by atoms with Gasteiger partial charge in [0.1, 0.15) is 18.9 Å². The molecule has 150 valence electrons. The van der Waals surface area contributed by atoms with Crippen LogP contribution in [0.4, 0.5) is 9.59 Å². The Morgan fingerprint density at radius 3 is 2.61 bits per heavy atom. The first-order chi connectivity index (χ1) is 13.3. The van der Waals surface area contributed by atoms with Crippen LogP contribution >= 0.6 is 0 Å². The fourth-order valence-corrected chi connectivity index (χ4v) is 4.56. The highest BCUT2D eigenvalue weighted by atomic mass is 16.2. The number of amides is 5. The molecule has 5 amide bonds. The van der Waals surface area contributed by atoms with Gasteiger partial charge in [-0.15, -0.1) is 0 Å². The van der Waals surface area contributed by atoms with Crippen molar-refractivity contribution >= 4 is 18.0 Å². The van der Waals surface area contributed by atoms with Gasteiger partial charge in [-0.25, -0.2) is 9.59 Å². The Morgan fingerprint density at radius 1 is 1.14 bits per heavy atom. The van der Waals surface area contributed by atoms with Crippen molar-refractivity contribution < 1.29 is 14.4 Å². The predicted molar refractivity (Wildman–Crippen MR) is 103 cm³/mol. The average Bonchev–Trinajstić information content (AvgIpc) is 3.32. The summed E-state index contributed by atoms with van der Waals surface area (Å²) >= 11 is 0. The molecule has 0 unspecified atom stereocenters. The fraction of sp³-hybridized carbons (Fsp3) is 0.550. The maximum atomic E-state index is 13.1. The van der Waals surface area contributed by atoms with Gasteiger partial charge in [0, 0.05) is 20.6 Å². The minimum absolute atomic E-state index is 0.0280. The third-order valence-corrected chi connectivity index (χ3v) is 6.35. The van der Waals surface area contributed by atoms with Crippen LogP contribution in [-0.4, -0.2) is 77.1 Å². The SMILES string of the molecule is Cc1ccc([C@@H]2CCCN2C(=O)CN2C(=O)N[C@H]3[C@@H]2N(C)C(=O)N3C)cc1C. The van der Waals surface area contributed by atoms with E-state index in [-0.39, 0.29) is 30.6 Å². The van der Waals surface area contributed by atoms with Crippen molar-refractivity contribution in [1.82, 2.24) is 24.9 Å². The first-order valence-corrected chi connectivity index (χ1v) is 9.73. The largest absolute Gasteiger partial charge is 0.334 e. The lowest BCUT2D eigenvalue weighted by atomic mass is 9.99. The number of aryl methyl sites for hydroxylation is 2. The Kier molecular flexibility index (Phi) is 4.44. The van der Waals surface area contributed by atoms with E-state index in [1.807, 2.05) is 4.90 Å². The molecule has 3 saturated heterocycles. The molecule has 8 heteroatoms. The van der Waals surface area contributed by atoms with Gasteiger partial charge in [0.05, 0.1) is 6.04 Å². The summed E-state index contributed by atoms with van der Waals surface area (Å²) in [7, 11) is 3.32. The Balaban J connectivity index is 1.52. The van der Waals surface area contributed by atoms with E-state index in [0.29, 0.717) is 6.54 Å². The number of urea groups is 2. The smallest absolute Gasteiger partial charge is 0.323 e. The second-order valence-electron chi connectivity index (χ2n) is 8.03. The van der Waals surface area contributed by atoms with E-state index in [4.69, 9.17) is 0 Å². The summed E-state index contributed by atoms with van der Waals surface area (Å²) < 4.78 is 0. The van der Waals surface area contributed by atoms with Crippen LogP contribution in [0.15, 0.2) is 18.2 Å². The maximum Gasteiger partial charge on any atom is 0.323 e. The van der Waals surface area contributed by atoms with Crippen LogP contribution in [0.1, 0.15) is 35.6 Å². The van der Waals surface area contributed by atoms with Crippen LogP contribution in [-0.2, 0) is 4.79 Å². The molecule has 3 heterocycles. The molecule has 0 spiro atoms. The second-order valence-corrected chi connectivity index (χ2v) is 8.03. The first kappa shape index (κ1) is 18.6. The summed E-state index contributed by atoms with van der Waals surface area (Å²) in [4.78, 5) is 44.1. The summed E-state index contributed by atoms with van der Waals surface area (Å²) in [5, 5.41) is 2.81. The normalized spacial score (nSPS) is 26.9. The van der Waals surface area contributed by atoms with E-state index in [2.05, 4.69) is 37.4 Å². The van der Waals surface area contributed by atoms with Crippen LogP contribution in [0.3, 0.4) is 0 Å². The molecule has 0 aliphatic carbocycles. The molecule has 3 aliphatic heterocycles. The van der Waals surface area contributed by atoms with Gasteiger partial charge >= 0.3 is 12.1 Å². The molecule has 3 fully saturated rings. The zero-order valence-corrected chi connectivity index (χ0v) is 16.8. The van der Waals surface area contributed by atoms with E-state index in [1.165, 1.54) is 25.8 Å². The van der Waals surface area contributed by atoms with E-state index < -0.39 is 12.3 Å². The average molecular weight is 385 g/mol. The fourth-order valence-electron chi connectivity index (χ4n) is 4.56. The zero-order chi connectivity index (χ0) is 20.2. The Labute approximate surface area is 165 Å². The van der Waals surface area contributed by atoms with E-state index >= 15 is 0 Å². The number of likely N-dealkylation sites (N-methyl/N-ethyl adjacent to an activating group) is 2. The van der Waals surface area contributed by atoms with Crippen molar-refractivity contribution in [2.24, 2.45) is 0 Å². The zero-order valence-electron chi connectivity index (χ0n) is 16.8. The Morgan fingerprint density at radius 2 is 1.89 bits per heavy atom. The molecule has 1 aromatic rings. The number of likely N-dealkylation sites (tertiary alicyclic amines) is 1. The summed E-state index contributed by atoms with van der Waals surface area (Å²) in [6.07, 6.45) is 0.986. The quantitative estimate of drug-likeness (QED) is 0.859. The van der Waals surface area contributed by atoms with Gasteiger partial charge in [-0.05, 0) is 43.4 Å². The third kappa shape index (κ3) is 2.78. The number of hydrogen-bond acceptors (Lipinski definition) is 3. The minimum atomic E-state index is -0.461. The van der Waals surface area contributed by atoms with Gasteiger partial charge in [-0.1, -0.05) is 18.2 Å². The molecule has 1 N–H and O–H groups in total. The molecular weight excluding hydrogens is 358 g/mol. The monoisotopic (exact) mass is 385 g/mol. The summed E-state index contributed by atoms with van der Waals surface area (Å²) in [5.41, 5.74) is 3.59. The van der Waals surface area contributed by atoms with Crippen molar-refractivity contribution in [3.05, 3.63) is 34.9 Å². The van der Waals surface area contributed by atoms with Gasteiger partial charge < -0.3 is 20.0 Å². The molecule has 4 rings (SSSR count). The highest BCUT2D eigenvalue weighted by Crippen LogP contribution is 2.34. The third-order valence-electron chi connectivity index (χ3n) is 6.35. The number of carbonyl (C=O) groups excluding carboxylic acids is 3. The molecule has 3 aliphatic rings. The number of rotatable bonds is 3. The number of hydrogen-bond donors (Lipinski definition) is 1.